The van der Waals surface area contributed by atoms with Crippen LogP contribution in [-0.2, 0) is 11.2 Å². The number of nitrogens with one attached hydrogen (secondary N) is 1. The zero-order valence-corrected chi connectivity index (χ0v) is 11.5. The lowest BCUT2D eigenvalue weighted by molar-refractivity contribution is 0.149. The summed E-state index contributed by atoms with van der Waals surface area (Å²) in [6.07, 6.45) is 6.08. The van der Waals surface area contributed by atoms with E-state index in [1.54, 1.807) is 0 Å². The molecule has 0 spiro atoms. The maximum atomic E-state index is 6.06. The fourth-order valence-electron chi connectivity index (χ4n) is 1.53. The van der Waals surface area contributed by atoms with E-state index in [1.165, 1.54) is 6.33 Å². The summed E-state index contributed by atoms with van der Waals surface area (Å²) in [6.45, 7) is 7.80. The van der Waals surface area contributed by atoms with Crippen molar-refractivity contribution in [2.45, 2.75) is 26.2 Å². The van der Waals surface area contributed by atoms with Crippen LogP contribution in [0.4, 0.5) is 5.82 Å². The van der Waals surface area contributed by atoms with Gasteiger partial charge >= 0.3 is 0 Å². The van der Waals surface area contributed by atoms with Gasteiger partial charge in [-0.25, -0.2) is 9.97 Å². The van der Waals surface area contributed by atoms with Crippen LogP contribution in [0.3, 0.4) is 0 Å². The number of halogens is 1. The summed E-state index contributed by atoms with van der Waals surface area (Å²) in [7, 11) is 0. The Kier molecular flexibility index (Phi) is 7.37. The third kappa shape index (κ3) is 5.02. The molecule has 0 fully saturated rings. The normalized spacial score (nSPS) is 10.3. The molecule has 1 aromatic rings. The van der Waals surface area contributed by atoms with Gasteiger partial charge in [-0.1, -0.05) is 31.0 Å². The third-order valence-electron chi connectivity index (χ3n) is 2.40. The quantitative estimate of drug-likeness (QED) is 0.425. The highest BCUT2D eigenvalue weighted by Gasteiger charge is 2.08. The average Bonchev–Trinajstić information content (AvgIpc) is 2.37. The smallest absolute Gasteiger partial charge is 0.137 e. The zero-order chi connectivity index (χ0) is 13.2. The number of hydrogen-bond acceptors (Lipinski definition) is 4. The number of hydrogen-bond donors (Lipinski definition) is 1. The van der Waals surface area contributed by atoms with Crippen LogP contribution in [0.5, 0.6) is 0 Å². The third-order valence-corrected chi connectivity index (χ3v) is 2.72. The fourth-order valence-corrected chi connectivity index (χ4v) is 1.75. The summed E-state index contributed by atoms with van der Waals surface area (Å²) in [5.74, 6) is 0.809. The van der Waals surface area contributed by atoms with Crippen molar-refractivity contribution in [3.05, 3.63) is 29.7 Å². The van der Waals surface area contributed by atoms with Gasteiger partial charge in [0.1, 0.15) is 17.3 Å². The zero-order valence-electron chi connectivity index (χ0n) is 10.8. The first-order valence-electron chi connectivity index (χ1n) is 6.21. The minimum Gasteiger partial charge on any atom is -0.379 e. The van der Waals surface area contributed by atoms with Gasteiger partial charge in [-0.15, -0.1) is 6.58 Å². The van der Waals surface area contributed by atoms with Gasteiger partial charge < -0.3 is 10.1 Å². The lowest BCUT2D eigenvalue weighted by Gasteiger charge is -2.11. The van der Waals surface area contributed by atoms with E-state index in [1.807, 2.05) is 6.08 Å². The molecule has 0 unspecified atom stereocenters. The van der Waals surface area contributed by atoms with E-state index in [4.69, 9.17) is 16.3 Å². The molecule has 0 saturated heterocycles. The Balaban J connectivity index is 2.41. The number of rotatable bonds is 9. The van der Waals surface area contributed by atoms with Crippen molar-refractivity contribution in [3.63, 3.8) is 0 Å². The second-order valence-electron chi connectivity index (χ2n) is 3.86. The topological polar surface area (TPSA) is 47.0 Å². The molecule has 5 heteroatoms. The van der Waals surface area contributed by atoms with Crippen LogP contribution in [0.2, 0.25) is 5.15 Å². The van der Waals surface area contributed by atoms with Gasteiger partial charge in [0.15, 0.2) is 0 Å². The molecule has 0 aliphatic rings. The van der Waals surface area contributed by atoms with Crippen LogP contribution >= 0.6 is 11.6 Å². The van der Waals surface area contributed by atoms with Crippen molar-refractivity contribution in [3.8, 4) is 0 Å². The molecule has 0 bridgehead atoms. The molecule has 0 radical (unpaired) electrons. The first-order valence-corrected chi connectivity index (χ1v) is 6.59. The molecule has 1 N–H and O–H groups in total. The predicted octanol–water partition coefficient (Wildman–Crippen LogP) is 3.09. The average molecular weight is 270 g/mol. The summed E-state index contributed by atoms with van der Waals surface area (Å²) in [5.41, 5.74) is 0.979. The first-order chi connectivity index (χ1) is 8.79. The molecule has 0 aromatic carbocycles. The summed E-state index contributed by atoms with van der Waals surface area (Å²) in [4.78, 5) is 8.21. The highest BCUT2D eigenvalue weighted by atomic mass is 35.5. The minimum absolute atomic E-state index is 0.530. The molecule has 0 saturated carbocycles. The molecule has 0 aliphatic carbocycles. The number of aromatic nitrogens is 2. The Morgan fingerprint density at radius 3 is 3.00 bits per heavy atom. The van der Waals surface area contributed by atoms with Crippen LogP contribution in [0, 0.1) is 0 Å². The molecule has 4 nitrogen and oxygen atoms in total. The van der Waals surface area contributed by atoms with Gasteiger partial charge in [-0.2, -0.15) is 0 Å². The van der Waals surface area contributed by atoms with Gasteiger partial charge in [0.2, 0.25) is 0 Å². The Morgan fingerprint density at radius 2 is 2.28 bits per heavy atom. The molecule has 1 rings (SSSR count). The van der Waals surface area contributed by atoms with E-state index in [-0.39, 0.29) is 0 Å². The van der Waals surface area contributed by atoms with Crippen LogP contribution in [0.1, 0.15) is 25.3 Å². The molecule has 1 heterocycles. The largest absolute Gasteiger partial charge is 0.379 e. The van der Waals surface area contributed by atoms with Gasteiger partial charge in [-0.3, -0.25) is 0 Å². The fraction of sp³-hybridized carbons (Fsp3) is 0.538. The van der Waals surface area contributed by atoms with Crippen molar-refractivity contribution in [2.75, 3.05) is 25.1 Å². The second kappa shape index (κ2) is 8.89. The SMILES string of the molecule is C=CCCOCCNc1ncnc(Cl)c1CCC. The molecule has 1 aromatic heterocycles. The molecular weight excluding hydrogens is 250 g/mol. The summed E-state index contributed by atoms with van der Waals surface area (Å²) < 4.78 is 5.42. The second-order valence-corrected chi connectivity index (χ2v) is 4.22. The van der Waals surface area contributed by atoms with Gasteiger partial charge in [0, 0.05) is 12.1 Å². The maximum absolute atomic E-state index is 6.06. The highest BCUT2D eigenvalue weighted by molar-refractivity contribution is 6.30. The van der Waals surface area contributed by atoms with Crippen LogP contribution in [0.25, 0.3) is 0 Å². The maximum Gasteiger partial charge on any atom is 0.137 e. The van der Waals surface area contributed by atoms with E-state index in [0.29, 0.717) is 24.9 Å². The molecule has 0 aliphatic heterocycles. The molecule has 18 heavy (non-hydrogen) atoms. The van der Waals surface area contributed by atoms with E-state index < -0.39 is 0 Å². The van der Waals surface area contributed by atoms with E-state index in [2.05, 4.69) is 28.8 Å². The van der Waals surface area contributed by atoms with E-state index >= 15 is 0 Å². The predicted molar refractivity (Wildman–Crippen MR) is 75.2 cm³/mol. The van der Waals surface area contributed by atoms with Crippen molar-refractivity contribution in [2.24, 2.45) is 0 Å². The molecule has 0 atom stereocenters. The van der Waals surface area contributed by atoms with Crippen molar-refractivity contribution in [1.82, 2.24) is 9.97 Å². The molecule has 100 valence electrons. The Bertz CT molecular complexity index is 371. The summed E-state index contributed by atoms with van der Waals surface area (Å²) >= 11 is 6.06. The van der Waals surface area contributed by atoms with Gasteiger partial charge in [-0.05, 0) is 12.8 Å². The Labute approximate surface area is 113 Å². The number of ether oxygens (including phenoxy) is 1. The van der Waals surface area contributed by atoms with Gasteiger partial charge in [0.05, 0.1) is 13.2 Å². The van der Waals surface area contributed by atoms with Crippen LogP contribution in [0.15, 0.2) is 19.0 Å². The highest BCUT2D eigenvalue weighted by Crippen LogP contribution is 2.20. The standard InChI is InChI=1S/C13H20ClN3O/c1-3-5-8-18-9-7-15-13-11(6-4-2)12(14)16-10-17-13/h3,10H,1,4-9H2,2H3,(H,15,16,17). The number of nitrogens with zero attached hydrogens (tertiary/aromatic N) is 2. The van der Waals surface area contributed by atoms with Crippen molar-refractivity contribution < 1.29 is 4.74 Å². The lowest BCUT2D eigenvalue weighted by atomic mass is 10.2. The minimum atomic E-state index is 0.530. The number of anilines is 1. The van der Waals surface area contributed by atoms with E-state index in [9.17, 15) is 0 Å². The van der Waals surface area contributed by atoms with Crippen LogP contribution < -0.4 is 5.32 Å². The van der Waals surface area contributed by atoms with Crippen LogP contribution in [-0.4, -0.2) is 29.7 Å². The van der Waals surface area contributed by atoms with Gasteiger partial charge in [0.25, 0.3) is 0 Å². The molecule has 0 amide bonds. The molecular formula is C13H20ClN3O. The van der Waals surface area contributed by atoms with Crippen molar-refractivity contribution >= 4 is 17.4 Å². The first kappa shape index (κ1) is 14.9. The van der Waals surface area contributed by atoms with Crippen molar-refractivity contribution in [1.29, 1.82) is 0 Å². The Morgan fingerprint density at radius 1 is 1.44 bits per heavy atom. The lowest BCUT2D eigenvalue weighted by Crippen LogP contribution is -2.13. The summed E-state index contributed by atoms with van der Waals surface area (Å²) in [6, 6.07) is 0. The van der Waals surface area contributed by atoms with E-state index in [0.717, 1.165) is 30.6 Å². The monoisotopic (exact) mass is 269 g/mol. The Hall–Kier alpha value is -1.13. The summed E-state index contributed by atoms with van der Waals surface area (Å²) in [5, 5.41) is 3.76.